The van der Waals surface area contributed by atoms with Crippen molar-refractivity contribution in [2.75, 3.05) is 26.2 Å². The average molecular weight is 317 g/mol. The van der Waals surface area contributed by atoms with Crippen LogP contribution in [-0.2, 0) is 4.74 Å². The molecule has 18 heavy (non-hydrogen) atoms. The van der Waals surface area contributed by atoms with E-state index in [9.17, 15) is 9.18 Å². The van der Waals surface area contributed by atoms with Crippen molar-refractivity contribution < 1.29 is 13.9 Å². The zero-order chi connectivity index (χ0) is 13.1. The fourth-order valence-electron chi connectivity index (χ4n) is 1.88. The van der Waals surface area contributed by atoms with Gasteiger partial charge < -0.3 is 15.4 Å². The van der Waals surface area contributed by atoms with Crippen LogP contribution < -0.4 is 5.73 Å². The van der Waals surface area contributed by atoms with Gasteiger partial charge in [-0.05, 0) is 18.2 Å². The fraction of sp³-hybridized carbons (Fsp3) is 0.417. The number of ether oxygens (including phenoxy) is 1. The van der Waals surface area contributed by atoms with E-state index in [0.29, 0.717) is 30.7 Å². The molecule has 98 valence electrons. The van der Waals surface area contributed by atoms with Crippen molar-refractivity contribution in [3.63, 3.8) is 0 Å². The highest BCUT2D eigenvalue weighted by molar-refractivity contribution is 9.10. The van der Waals surface area contributed by atoms with Gasteiger partial charge >= 0.3 is 0 Å². The van der Waals surface area contributed by atoms with Crippen LogP contribution in [0.3, 0.4) is 0 Å². The number of amides is 1. The number of halogens is 2. The highest BCUT2D eigenvalue weighted by atomic mass is 79.9. The van der Waals surface area contributed by atoms with Gasteiger partial charge in [-0.25, -0.2) is 4.39 Å². The molecule has 1 atom stereocenters. The molecule has 1 saturated heterocycles. The average Bonchev–Trinajstić information content (AvgIpc) is 2.38. The predicted molar refractivity (Wildman–Crippen MR) is 68.8 cm³/mol. The molecule has 1 fully saturated rings. The lowest BCUT2D eigenvalue weighted by Crippen LogP contribution is -2.48. The summed E-state index contributed by atoms with van der Waals surface area (Å²) in [7, 11) is 0. The number of benzene rings is 1. The lowest BCUT2D eigenvalue weighted by Gasteiger charge is -2.32. The Bertz CT molecular complexity index is 456. The molecule has 1 aliphatic heterocycles. The lowest BCUT2D eigenvalue weighted by atomic mass is 10.1. The van der Waals surface area contributed by atoms with E-state index in [-0.39, 0.29) is 17.6 Å². The first-order valence-electron chi connectivity index (χ1n) is 5.68. The highest BCUT2D eigenvalue weighted by Crippen LogP contribution is 2.18. The van der Waals surface area contributed by atoms with Gasteiger partial charge in [-0.2, -0.15) is 0 Å². The van der Waals surface area contributed by atoms with E-state index >= 15 is 0 Å². The van der Waals surface area contributed by atoms with Crippen LogP contribution in [0.15, 0.2) is 22.7 Å². The first-order valence-corrected chi connectivity index (χ1v) is 6.47. The topological polar surface area (TPSA) is 55.6 Å². The van der Waals surface area contributed by atoms with E-state index in [4.69, 9.17) is 10.5 Å². The summed E-state index contributed by atoms with van der Waals surface area (Å²) in [6.07, 6.45) is -0.166. The summed E-state index contributed by atoms with van der Waals surface area (Å²) in [4.78, 5) is 13.7. The molecule has 1 amide bonds. The molecule has 4 nitrogen and oxygen atoms in total. The lowest BCUT2D eigenvalue weighted by molar-refractivity contribution is -0.0169. The fourth-order valence-corrected chi connectivity index (χ4v) is 2.21. The largest absolute Gasteiger partial charge is 0.373 e. The normalized spacial score (nSPS) is 19.9. The zero-order valence-electron chi connectivity index (χ0n) is 9.73. The van der Waals surface area contributed by atoms with Crippen LogP contribution in [0.1, 0.15) is 10.4 Å². The first-order chi connectivity index (χ1) is 8.61. The number of hydrogen-bond donors (Lipinski definition) is 1. The van der Waals surface area contributed by atoms with Gasteiger partial charge in [-0.15, -0.1) is 0 Å². The molecule has 0 bridgehead atoms. The maximum Gasteiger partial charge on any atom is 0.256 e. The molecule has 6 heteroatoms. The van der Waals surface area contributed by atoms with Crippen LogP contribution in [0.4, 0.5) is 4.39 Å². The Labute approximate surface area is 113 Å². The van der Waals surface area contributed by atoms with Crippen molar-refractivity contribution in [1.29, 1.82) is 0 Å². The summed E-state index contributed by atoms with van der Waals surface area (Å²) in [5.74, 6) is -0.841. The van der Waals surface area contributed by atoms with Gasteiger partial charge in [0.15, 0.2) is 0 Å². The smallest absolute Gasteiger partial charge is 0.256 e. The molecular formula is C12H14BrFN2O2. The Hall–Kier alpha value is -0.980. The molecule has 0 aliphatic carbocycles. The van der Waals surface area contributed by atoms with Gasteiger partial charge in [0.25, 0.3) is 5.91 Å². The van der Waals surface area contributed by atoms with Crippen LogP contribution in [0.2, 0.25) is 0 Å². The minimum atomic E-state index is -0.523. The third kappa shape index (κ3) is 2.88. The predicted octanol–water partition coefficient (Wildman–Crippen LogP) is 1.39. The second-order valence-electron chi connectivity index (χ2n) is 4.10. The molecule has 2 N–H and O–H groups in total. The molecule has 1 aromatic carbocycles. The van der Waals surface area contributed by atoms with Crippen molar-refractivity contribution in [1.82, 2.24) is 4.90 Å². The van der Waals surface area contributed by atoms with Crippen molar-refractivity contribution in [2.45, 2.75) is 6.10 Å². The Morgan fingerprint density at radius 1 is 1.61 bits per heavy atom. The molecule has 2 rings (SSSR count). The van der Waals surface area contributed by atoms with E-state index in [1.54, 1.807) is 11.0 Å². The third-order valence-electron chi connectivity index (χ3n) is 2.85. The summed E-state index contributed by atoms with van der Waals surface area (Å²) in [6, 6.07) is 4.42. The molecule has 1 heterocycles. The molecule has 0 saturated carbocycles. The summed E-state index contributed by atoms with van der Waals surface area (Å²) in [6.45, 7) is 1.66. The van der Waals surface area contributed by atoms with E-state index in [1.807, 2.05) is 0 Å². The van der Waals surface area contributed by atoms with Gasteiger partial charge in [-0.3, -0.25) is 4.79 Å². The Kier molecular flexibility index (Phi) is 4.31. The van der Waals surface area contributed by atoms with Crippen LogP contribution in [-0.4, -0.2) is 43.2 Å². The first kappa shape index (κ1) is 13.5. The van der Waals surface area contributed by atoms with Crippen LogP contribution in [0, 0.1) is 5.82 Å². The molecule has 1 aromatic rings. The summed E-state index contributed by atoms with van der Waals surface area (Å²) in [5.41, 5.74) is 5.59. The second kappa shape index (κ2) is 5.77. The maximum atomic E-state index is 13.7. The summed E-state index contributed by atoms with van der Waals surface area (Å²) in [5, 5.41) is 0. The molecular weight excluding hydrogens is 303 g/mol. The Balaban J connectivity index is 2.15. The quantitative estimate of drug-likeness (QED) is 0.897. The molecule has 0 radical (unpaired) electrons. The number of carbonyl (C=O) groups is 1. The van der Waals surface area contributed by atoms with Crippen molar-refractivity contribution >= 4 is 21.8 Å². The molecule has 0 spiro atoms. The van der Waals surface area contributed by atoms with Gasteiger partial charge in [0, 0.05) is 24.1 Å². The Morgan fingerprint density at radius 2 is 2.39 bits per heavy atom. The number of morpholine rings is 1. The molecule has 1 unspecified atom stereocenters. The number of nitrogens with zero attached hydrogens (tertiary/aromatic N) is 1. The number of carbonyl (C=O) groups excluding carboxylic acids is 1. The van der Waals surface area contributed by atoms with Crippen LogP contribution in [0.5, 0.6) is 0 Å². The van der Waals surface area contributed by atoms with Crippen LogP contribution in [0.25, 0.3) is 0 Å². The van der Waals surface area contributed by atoms with Gasteiger partial charge in [0.1, 0.15) is 5.82 Å². The number of nitrogens with two attached hydrogens (primary N) is 1. The second-order valence-corrected chi connectivity index (χ2v) is 5.02. The summed E-state index contributed by atoms with van der Waals surface area (Å²) >= 11 is 3.16. The van der Waals surface area contributed by atoms with E-state index in [1.165, 1.54) is 12.1 Å². The Morgan fingerprint density at radius 3 is 3.06 bits per heavy atom. The number of hydrogen-bond acceptors (Lipinski definition) is 3. The number of rotatable bonds is 2. The van der Waals surface area contributed by atoms with Crippen molar-refractivity contribution in [3.8, 4) is 0 Å². The minimum Gasteiger partial charge on any atom is -0.373 e. The zero-order valence-corrected chi connectivity index (χ0v) is 11.3. The SMILES string of the molecule is NCC1CN(C(=O)c2ccc(Br)cc2F)CCO1. The van der Waals surface area contributed by atoms with Crippen molar-refractivity contribution in [3.05, 3.63) is 34.1 Å². The van der Waals surface area contributed by atoms with E-state index < -0.39 is 5.82 Å². The highest BCUT2D eigenvalue weighted by Gasteiger charge is 2.25. The standard InChI is InChI=1S/C12H14BrFN2O2/c13-8-1-2-10(11(14)5-8)12(17)16-3-4-18-9(6-15)7-16/h1-2,5,9H,3-4,6-7,15H2. The molecule has 0 aromatic heterocycles. The van der Waals surface area contributed by atoms with E-state index in [2.05, 4.69) is 15.9 Å². The third-order valence-corrected chi connectivity index (χ3v) is 3.34. The monoisotopic (exact) mass is 316 g/mol. The van der Waals surface area contributed by atoms with Gasteiger partial charge in [0.2, 0.25) is 0 Å². The van der Waals surface area contributed by atoms with E-state index in [0.717, 1.165) is 0 Å². The molecule has 1 aliphatic rings. The maximum absolute atomic E-state index is 13.7. The van der Waals surface area contributed by atoms with Crippen LogP contribution >= 0.6 is 15.9 Å². The van der Waals surface area contributed by atoms with Crippen molar-refractivity contribution in [2.24, 2.45) is 5.73 Å². The summed E-state index contributed by atoms with van der Waals surface area (Å²) < 4.78 is 19.7. The van der Waals surface area contributed by atoms with Gasteiger partial charge in [-0.1, -0.05) is 15.9 Å². The minimum absolute atomic E-state index is 0.0795. The van der Waals surface area contributed by atoms with Gasteiger partial charge in [0.05, 0.1) is 18.3 Å².